The van der Waals surface area contributed by atoms with Crippen LogP contribution < -0.4 is 5.73 Å². The summed E-state index contributed by atoms with van der Waals surface area (Å²) in [6, 6.07) is 7.82. The van der Waals surface area contributed by atoms with Gasteiger partial charge in [-0.15, -0.1) is 0 Å². The topological polar surface area (TPSA) is 52.3 Å². The van der Waals surface area contributed by atoms with Gasteiger partial charge in [-0.1, -0.05) is 38.1 Å². The molecule has 0 bridgehead atoms. The summed E-state index contributed by atoms with van der Waals surface area (Å²) in [5, 5.41) is 0. The number of ether oxygens (including phenoxy) is 1. The van der Waals surface area contributed by atoms with Crippen molar-refractivity contribution in [3.63, 3.8) is 0 Å². The van der Waals surface area contributed by atoms with Crippen molar-refractivity contribution in [3.05, 3.63) is 35.4 Å². The Balaban J connectivity index is 2.20. The van der Waals surface area contributed by atoms with Gasteiger partial charge < -0.3 is 10.5 Å². The molecule has 0 atom stereocenters. The van der Waals surface area contributed by atoms with E-state index in [0.717, 1.165) is 5.56 Å². The maximum atomic E-state index is 12.3. The molecular weight excluding hydrogens is 214 g/mol. The Morgan fingerprint density at radius 1 is 1.35 bits per heavy atom. The molecule has 1 saturated heterocycles. The van der Waals surface area contributed by atoms with Crippen LogP contribution in [0.5, 0.6) is 0 Å². The van der Waals surface area contributed by atoms with E-state index in [1.807, 2.05) is 24.3 Å². The van der Waals surface area contributed by atoms with Gasteiger partial charge in [0.2, 0.25) is 0 Å². The van der Waals surface area contributed by atoms with Gasteiger partial charge in [0.05, 0.1) is 18.6 Å². The van der Waals surface area contributed by atoms with E-state index in [2.05, 4.69) is 13.8 Å². The van der Waals surface area contributed by atoms with Crippen LogP contribution in [0.4, 0.5) is 0 Å². The number of Topliss-reactive ketones (excluding diaryl/α,β-unsaturated/α-hetero) is 1. The summed E-state index contributed by atoms with van der Waals surface area (Å²) in [5.74, 6) is 0.594. The minimum Gasteiger partial charge on any atom is -0.379 e. The third-order valence-electron chi connectivity index (χ3n) is 3.47. The molecule has 1 heterocycles. The lowest BCUT2D eigenvalue weighted by molar-refractivity contribution is -0.0816. The second-order valence-electron chi connectivity index (χ2n) is 5.08. The van der Waals surface area contributed by atoms with Crippen molar-refractivity contribution in [3.8, 4) is 0 Å². The van der Waals surface area contributed by atoms with Gasteiger partial charge in [-0.2, -0.15) is 0 Å². The normalized spacial score (nSPS) is 17.9. The summed E-state index contributed by atoms with van der Waals surface area (Å²) in [4.78, 5) is 12.3. The molecule has 1 aromatic rings. The minimum absolute atomic E-state index is 0.113. The maximum Gasteiger partial charge on any atom is 0.174 e. The number of rotatable bonds is 4. The van der Waals surface area contributed by atoms with Crippen LogP contribution in [0.3, 0.4) is 0 Å². The Hall–Kier alpha value is -1.19. The van der Waals surface area contributed by atoms with Crippen molar-refractivity contribution in [1.29, 1.82) is 0 Å². The van der Waals surface area contributed by atoms with Crippen LogP contribution in [0.1, 0.15) is 35.7 Å². The highest BCUT2D eigenvalue weighted by atomic mass is 16.5. The summed E-state index contributed by atoms with van der Waals surface area (Å²) in [6.45, 7) is 5.54. The highest BCUT2D eigenvalue weighted by Crippen LogP contribution is 2.30. The molecule has 1 aliphatic rings. The molecule has 2 N–H and O–H groups in total. The SMILES string of the molecule is CC(C)c1ccc(C(=O)C2(CN)COC2)cc1. The molecule has 1 fully saturated rings. The van der Waals surface area contributed by atoms with Crippen LogP contribution >= 0.6 is 0 Å². The number of hydrogen-bond acceptors (Lipinski definition) is 3. The van der Waals surface area contributed by atoms with Crippen molar-refractivity contribution in [2.45, 2.75) is 19.8 Å². The molecule has 17 heavy (non-hydrogen) atoms. The molecule has 0 radical (unpaired) electrons. The Morgan fingerprint density at radius 2 is 1.94 bits per heavy atom. The van der Waals surface area contributed by atoms with E-state index in [1.165, 1.54) is 5.56 Å². The van der Waals surface area contributed by atoms with Crippen molar-refractivity contribution in [2.75, 3.05) is 19.8 Å². The highest BCUT2D eigenvalue weighted by Gasteiger charge is 2.44. The summed E-state index contributed by atoms with van der Waals surface area (Å²) >= 11 is 0. The van der Waals surface area contributed by atoms with Gasteiger partial charge in [0.25, 0.3) is 0 Å². The Morgan fingerprint density at radius 3 is 2.29 bits per heavy atom. The fraction of sp³-hybridized carbons (Fsp3) is 0.500. The molecule has 92 valence electrons. The standard InChI is InChI=1S/C14H19NO2/c1-10(2)11-3-5-12(6-4-11)13(16)14(7-15)8-17-9-14/h3-6,10H,7-9,15H2,1-2H3. The zero-order chi connectivity index (χ0) is 12.5. The summed E-state index contributed by atoms with van der Waals surface area (Å²) in [5.41, 5.74) is 7.19. The first-order valence-electron chi connectivity index (χ1n) is 6.02. The van der Waals surface area contributed by atoms with Gasteiger partial charge >= 0.3 is 0 Å². The molecule has 0 unspecified atom stereocenters. The molecule has 0 amide bonds. The second kappa shape index (κ2) is 4.59. The zero-order valence-corrected chi connectivity index (χ0v) is 10.4. The van der Waals surface area contributed by atoms with E-state index in [-0.39, 0.29) is 5.78 Å². The zero-order valence-electron chi connectivity index (χ0n) is 10.4. The molecule has 3 nitrogen and oxygen atoms in total. The van der Waals surface area contributed by atoms with Crippen LogP contribution in [0.2, 0.25) is 0 Å². The van der Waals surface area contributed by atoms with Crippen molar-refractivity contribution < 1.29 is 9.53 Å². The Kier molecular flexibility index (Phi) is 3.31. The minimum atomic E-state index is -0.473. The number of benzene rings is 1. The van der Waals surface area contributed by atoms with Gasteiger partial charge in [-0.25, -0.2) is 0 Å². The van der Waals surface area contributed by atoms with E-state index in [9.17, 15) is 4.79 Å². The van der Waals surface area contributed by atoms with Crippen molar-refractivity contribution in [1.82, 2.24) is 0 Å². The van der Waals surface area contributed by atoms with Gasteiger partial charge in [-0.3, -0.25) is 4.79 Å². The van der Waals surface area contributed by atoms with Crippen molar-refractivity contribution in [2.24, 2.45) is 11.1 Å². The number of nitrogens with two attached hydrogens (primary N) is 1. The van der Waals surface area contributed by atoms with Crippen LogP contribution in [-0.2, 0) is 4.74 Å². The second-order valence-corrected chi connectivity index (χ2v) is 5.08. The number of hydrogen-bond donors (Lipinski definition) is 1. The first kappa shape index (κ1) is 12.3. The largest absolute Gasteiger partial charge is 0.379 e. The maximum absolute atomic E-state index is 12.3. The number of ketones is 1. The average molecular weight is 233 g/mol. The van der Waals surface area contributed by atoms with E-state index >= 15 is 0 Å². The Bertz CT molecular complexity index is 399. The van der Waals surface area contributed by atoms with Crippen molar-refractivity contribution >= 4 is 5.78 Å². The highest BCUT2D eigenvalue weighted by molar-refractivity contribution is 6.01. The fourth-order valence-electron chi connectivity index (χ4n) is 2.02. The quantitative estimate of drug-likeness (QED) is 0.809. The van der Waals surface area contributed by atoms with Crippen LogP contribution in [0.15, 0.2) is 24.3 Å². The lowest BCUT2D eigenvalue weighted by atomic mass is 9.78. The predicted molar refractivity (Wildman–Crippen MR) is 67.2 cm³/mol. The van der Waals surface area contributed by atoms with E-state index in [1.54, 1.807) is 0 Å². The molecule has 1 aromatic carbocycles. The van der Waals surface area contributed by atoms with Gasteiger partial charge in [-0.05, 0) is 11.5 Å². The smallest absolute Gasteiger partial charge is 0.174 e. The van der Waals surface area contributed by atoms with E-state index in [4.69, 9.17) is 10.5 Å². The van der Waals surface area contributed by atoms with Gasteiger partial charge in [0.15, 0.2) is 5.78 Å². The number of carbonyl (C=O) groups is 1. The third kappa shape index (κ3) is 2.13. The van der Waals surface area contributed by atoms with Gasteiger partial charge in [0, 0.05) is 12.1 Å². The first-order valence-corrected chi connectivity index (χ1v) is 6.02. The summed E-state index contributed by atoms with van der Waals surface area (Å²) in [6.07, 6.45) is 0. The molecule has 0 saturated carbocycles. The molecule has 2 rings (SSSR count). The third-order valence-corrected chi connectivity index (χ3v) is 3.47. The monoisotopic (exact) mass is 233 g/mol. The molecule has 0 aliphatic carbocycles. The average Bonchev–Trinajstić information content (AvgIpc) is 2.28. The fourth-order valence-corrected chi connectivity index (χ4v) is 2.02. The van der Waals surface area contributed by atoms with Gasteiger partial charge in [0.1, 0.15) is 0 Å². The van der Waals surface area contributed by atoms with Crippen LogP contribution in [0.25, 0.3) is 0 Å². The van der Waals surface area contributed by atoms with E-state index in [0.29, 0.717) is 25.7 Å². The molecule has 0 aromatic heterocycles. The molecule has 0 spiro atoms. The molecular formula is C14H19NO2. The lowest BCUT2D eigenvalue weighted by Crippen LogP contribution is -2.54. The summed E-state index contributed by atoms with van der Waals surface area (Å²) < 4.78 is 5.13. The summed E-state index contributed by atoms with van der Waals surface area (Å²) in [7, 11) is 0. The van der Waals surface area contributed by atoms with Crippen LogP contribution in [0, 0.1) is 5.41 Å². The van der Waals surface area contributed by atoms with E-state index < -0.39 is 5.41 Å². The lowest BCUT2D eigenvalue weighted by Gasteiger charge is -2.38. The molecule has 1 aliphatic heterocycles. The van der Waals surface area contributed by atoms with Crippen LogP contribution in [-0.4, -0.2) is 25.5 Å². The number of carbonyl (C=O) groups excluding carboxylic acids is 1. The first-order chi connectivity index (χ1) is 8.09. The molecule has 3 heteroatoms. The Labute approximate surface area is 102 Å². The predicted octanol–water partition coefficient (Wildman–Crippen LogP) is 1.97.